The van der Waals surface area contributed by atoms with E-state index in [4.69, 9.17) is 0 Å². The van der Waals surface area contributed by atoms with Gasteiger partial charge in [-0.3, -0.25) is 4.98 Å². The smallest absolute Gasteiger partial charge is 0.0369 e. The van der Waals surface area contributed by atoms with Crippen LogP contribution in [0.1, 0.15) is 35.4 Å². The number of hydrogen-bond acceptors (Lipinski definition) is 3. The predicted octanol–water partition coefficient (Wildman–Crippen LogP) is 3.73. The summed E-state index contributed by atoms with van der Waals surface area (Å²) in [7, 11) is 0. The van der Waals surface area contributed by atoms with Gasteiger partial charge in [0, 0.05) is 23.3 Å². The second kappa shape index (κ2) is 6.66. The van der Waals surface area contributed by atoms with Crippen LogP contribution < -0.4 is 5.32 Å². The molecule has 2 aromatic rings. The molecule has 0 spiro atoms. The van der Waals surface area contributed by atoms with Crippen molar-refractivity contribution in [2.75, 3.05) is 6.54 Å². The number of thiophene rings is 1. The zero-order valence-corrected chi connectivity index (χ0v) is 11.8. The molecule has 0 radical (unpaired) electrons. The number of aryl methyl sites for hydroxylation is 1. The van der Waals surface area contributed by atoms with E-state index in [0.717, 1.165) is 19.4 Å². The van der Waals surface area contributed by atoms with Gasteiger partial charge in [-0.05, 0) is 54.9 Å². The van der Waals surface area contributed by atoms with Gasteiger partial charge in [-0.2, -0.15) is 0 Å². The normalized spacial score (nSPS) is 12.6. The van der Waals surface area contributed by atoms with Crippen LogP contribution in [0.2, 0.25) is 0 Å². The molecular formula is C15H20N2S. The average Bonchev–Trinajstić information content (AvgIpc) is 2.82. The zero-order chi connectivity index (χ0) is 12.8. The van der Waals surface area contributed by atoms with Crippen molar-refractivity contribution in [1.82, 2.24) is 10.3 Å². The van der Waals surface area contributed by atoms with Crippen molar-refractivity contribution in [3.8, 4) is 0 Å². The molecule has 0 aliphatic heterocycles. The van der Waals surface area contributed by atoms with Crippen molar-refractivity contribution < 1.29 is 0 Å². The molecule has 0 saturated carbocycles. The van der Waals surface area contributed by atoms with Crippen molar-refractivity contribution in [3.63, 3.8) is 0 Å². The lowest BCUT2D eigenvalue weighted by Crippen LogP contribution is -2.23. The van der Waals surface area contributed by atoms with Crippen LogP contribution in [0.25, 0.3) is 0 Å². The second-order valence-electron chi connectivity index (χ2n) is 4.56. The van der Waals surface area contributed by atoms with Crippen LogP contribution in [0.5, 0.6) is 0 Å². The van der Waals surface area contributed by atoms with Crippen molar-refractivity contribution in [3.05, 3.63) is 52.0 Å². The number of pyridine rings is 1. The first kappa shape index (κ1) is 13.2. The standard InChI is InChI=1S/C15H20N2S/c1-3-6-17-15(14-8-12(2)18-11-14)9-13-5-4-7-16-10-13/h4-5,7-8,10-11,15,17H,3,6,9H2,1-2H3. The minimum atomic E-state index is 0.402. The third kappa shape index (κ3) is 3.65. The maximum Gasteiger partial charge on any atom is 0.0369 e. The summed E-state index contributed by atoms with van der Waals surface area (Å²) in [5.74, 6) is 0. The molecule has 18 heavy (non-hydrogen) atoms. The number of rotatable bonds is 6. The lowest BCUT2D eigenvalue weighted by molar-refractivity contribution is 0.530. The Hall–Kier alpha value is -1.19. The number of nitrogens with zero attached hydrogens (tertiary/aromatic N) is 1. The summed E-state index contributed by atoms with van der Waals surface area (Å²) in [6.07, 6.45) is 5.95. The van der Waals surface area contributed by atoms with Crippen LogP contribution >= 0.6 is 11.3 Å². The number of hydrogen-bond donors (Lipinski definition) is 1. The molecule has 96 valence electrons. The molecule has 0 amide bonds. The minimum absolute atomic E-state index is 0.402. The molecule has 3 heteroatoms. The Bertz CT molecular complexity index is 464. The van der Waals surface area contributed by atoms with Gasteiger partial charge in [0.2, 0.25) is 0 Å². The third-order valence-corrected chi connectivity index (χ3v) is 3.84. The van der Waals surface area contributed by atoms with Crippen molar-refractivity contribution in [2.24, 2.45) is 0 Å². The van der Waals surface area contributed by atoms with Crippen LogP contribution in [0.15, 0.2) is 36.0 Å². The summed E-state index contributed by atoms with van der Waals surface area (Å²) < 4.78 is 0. The molecule has 2 nitrogen and oxygen atoms in total. The molecule has 0 aromatic carbocycles. The van der Waals surface area contributed by atoms with Gasteiger partial charge >= 0.3 is 0 Å². The molecule has 0 bridgehead atoms. The average molecular weight is 260 g/mol. The largest absolute Gasteiger partial charge is 0.310 e. The Morgan fingerprint density at radius 2 is 2.33 bits per heavy atom. The summed E-state index contributed by atoms with van der Waals surface area (Å²) in [6, 6.07) is 6.84. The number of aromatic nitrogens is 1. The van der Waals surface area contributed by atoms with Crippen LogP contribution in [-0.4, -0.2) is 11.5 Å². The van der Waals surface area contributed by atoms with E-state index in [0.29, 0.717) is 6.04 Å². The van der Waals surface area contributed by atoms with Crippen molar-refractivity contribution in [1.29, 1.82) is 0 Å². The quantitative estimate of drug-likeness (QED) is 0.856. The Labute approximate surface area is 113 Å². The van der Waals surface area contributed by atoms with Crippen LogP contribution in [0, 0.1) is 6.92 Å². The highest BCUT2D eigenvalue weighted by Gasteiger charge is 2.12. The molecule has 0 aliphatic carbocycles. The molecule has 1 atom stereocenters. The predicted molar refractivity (Wildman–Crippen MR) is 78.0 cm³/mol. The monoisotopic (exact) mass is 260 g/mol. The third-order valence-electron chi connectivity index (χ3n) is 2.96. The molecule has 2 rings (SSSR count). The van der Waals surface area contributed by atoms with E-state index >= 15 is 0 Å². The summed E-state index contributed by atoms with van der Waals surface area (Å²) in [5, 5.41) is 5.89. The Morgan fingerprint density at radius 3 is 2.94 bits per heavy atom. The second-order valence-corrected chi connectivity index (χ2v) is 5.68. The highest BCUT2D eigenvalue weighted by atomic mass is 32.1. The fraction of sp³-hybridized carbons (Fsp3) is 0.400. The van der Waals surface area contributed by atoms with Crippen molar-refractivity contribution >= 4 is 11.3 Å². The summed E-state index contributed by atoms with van der Waals surface area (Å²) in [4.78, 5) is 5.57. The van der Waals surface area contributed by atoms with Crippen LogP contribution in [-0.2, 0) is 6.42 Å². The Kier molecular flexibility index (Phi) is 4.90. The lowest BCUT2D eigenvalue weighted by Gasteiger charge is -2.17. The van der Waals surface area contributed by atoms with Crippen LogP contribution in [0.3, 0.4) is 0 Å². The van der Waals surface area contributed by atoms with Crippen LogP contribution in [0.4, 0.5) is 0 Å². The maximum atomic E-state index is 4.19. The highest BCUT2D eigenvalue weighted by Crippen LogP contribution is 2.23. The summed E-state index contributed by atoms with van der Waals surface area (Å²) in [6.45, 7) is 5.42. The molecule has 0 aliphatic rings. The first-order chi connectivity index (χ1) is 8.79. The topological polar surface area (TPSA) is 24.9 Å². The molecule has 2 heterocycles. The van der Waals surface area contributed by atoms with E-state index in [1.165, 1.54) is 16.0 Å². The van der Waals surface area contributed by atoms with Gasteiger partial charge in [0.1, 0.15) is 0 Å². The van der Waals surface area contributed by atoms with Gasteiger partial charge in [0.15, 0.2) is 0 Å². The van der Waals surface area contributed by atoms with Crippen molar-refractivity contribution in [2.45, 2.75) is 32.7 Å². The van der Waals surface area contributed by atoms with E-state index in [9.17, 15) is 0 Å². The fourth-order valence-corrected chi connectivity index (χ4v) is 2.79. The van der Waals surface area contributed by atoms with Gasteiger partial charge in [-0.1, -0.05) is 13.0 Å². The molecular weight excluding hydrogens is 240 g/mol. The lowest BCUT2D eigenvalue weighted by atomic mass is 10.0. The fourth-order valence-electron chi connectivity index (χ4n) is 2.03. The molecule has 0 saturated heterocycles. The van der Waals surface area contributed by atoms with E-state index in [-0.39, 0.29) is 0 Å². The Morgan fingerprint density at radius 1 is 1.44 bits per heavy atom. The molecule has 1 N–H and O–H groups in total. The summed E-state index contributed by atoms with van der Waals surface area (Å²) in [5.41, 5.74) is 2.68. The highest BCUT2D eigenvalue weighted by molar-refractivity contribution is 7.10. The van der Waals surface area contributed by atoms with E-state index < -0.39 is 0 Å². The summed E-state index contributed by atoms with van der Waals surface area (Å²) >= 11 is 1.82. The van der Waals surface area contributed by atoms with E-state index in [1.807, 2.05) is 29.8 Å². The van der Waals surface area contributed by atoms with E-state index in [1.54, 1.807) is 0 Å². The Balaban J connectivity index is 2.10. The van der Waals surface area contributed by atoms with Gasteiger partial charge < -0.3 is 5.32 Å². The molecule has 2 aromatic heterocycles. The maximum absolute atomic E-state index is 4.19. The van der Waals surface area contributed by atoms with Gasteiger partial charge in [0.25, 0.3) is 0 Å². The molecule has 0 fully saturated rings. The SMILES string of the molecule is CCCNC(Cc1cccnc1)c1csc(C)c1. The first-order valence-corrected chi connectivity index (χ1v) is 7.35. The van der Waals surface area contributed by atoms with Gasteiger partial charge in [-0.25, -0.2) is 0 Å². The number of nitrogens with one attached hydrogen (secondary N) is 1. The van der Waals surface area contributed by atoms with Gasteiger partial charge in [0.05, 0.1) is 0 Å². The zero-order valence-electron chi connectivity index (χ0n) is 11.0. The van der Waals surface area contributed by atoms with Gasteiger partial charge in [-0.15, -0.1) is 11.3 Å². The minimum Gasteiger partial charge on any atom is -0.310 e. The first-order valence-electron chi connectivity index (χ1n) is 6.47. The molecule has 1 unspecified atom stereocenters. The van der Waals surface area contributed by atoms with E-state index in [2.05, 4.69) is 41.7 Å².